The van der Waals surface area contributed by atoms with Gasteiger partial charge < -0.3 is 4.48 Å². The molecule has 0 N–H and O–H groups in total. The first-order valence-electron chi connectivity index (χ1n) is 7.92. The zero-order chi connectivity index (χ0) is 14.0. The van der Waals surface area contributed by atoms with Crippen molar-refractivity contribution < 1.29 is 4.48 Å². The van der Waals surface area contributed by atoms with Crippen LogP contribution in [0.2, 0.25) is 0 Å². The van der Waals surface area contributed by atoms with Gasteiger partial charge in [0.05, 0.1) is 20.6 Å². The summed E-state index contributed by atoms with van der Waals surface area (Å²) in [6.45, 7) is 2.47. The molecule has 3 rings (SSSR count). The van der Waals surface area contributed by atoms with Crippen molar-refractivity contribution in [2.75, 3.05) is 20.6 Å². The molecule has 106 valence electrons. The van der Waals surface area contributed by atoms with Gasteiger partial charge in [-0.2, -0.15) is 0 Å². The molecule has 1 fully saturated rings. The summed E-state index contributed by atoms with van der Waals surface area (Å²) in [5, 5.41) is 2.71. The lowest BCUT2D eigenvalue weighted by Crippen LogP contribution is -2.42. The van der Waals surface area contributed by atoms with Crippen LogP contribution in [-0.4, -0.2) is 25.1 Å². The maximum absolute atomic E-state index is 2.38. The minimum atomic E-state index is 0.949. The highest BCUT2D eigenvalue weighted by molar-refractivity contribution is 5.82. The first-order chi connectivity index (χ1) is 9.62. The third kappa shape index (κ3) is 3.21. The van der Waals surface area contributed by atoms with Gasteiger partial charge in [0, 0.05) is 11.5 Å². The van der Waals surface area contributed by atoms with Crippen LogP contribution in [0.15, 0.2) is 42.5 Å². The molecule has 0 radical (unpaired) electrons. The highest BCUT2D eigenvalue weighted by Crippen LogP contribution is 2.28. The lowest BCUT2D eigenvalue weighted by Gasteiger charge is -2.32. The fourth-order valence-corrected chi connectivity index (χ4v) is 3.79. The summed E-state index contributed by atoms with van der Waals surface area (Å²) in [4.78, 5) is 0. The maximum Gasteiger partial charge on any atom is 0.104 e. The Hall–Kier alpha value is -1.34. The number of hydrogen-bond acceptors (Lipinski definition) is 0. The minimum Gasteiger partial charge on any atom is -0.324 e. The highest BCUT2D eigenvalue weighted by atomic mass is 15.3. The topological polar surface area (TPSA) is 0 Å². The second-order valence-electron chi connectivity index (χ2n) is 7.11. The molecular formula is C19H26N+. The van der Waals surface area contributed by atoms with Crippen molar-refractivity contribution in [3.63, 3.8) is 0 Å². The van der Waals surface area contributed by atoms with Crippen molar-refractivity contribution in [3.05, 3.63) is 48.0 Å². The molecule has 0 bridgehead atoms. The van der Waals surface area contributed by atoms with E-state index in [1.807, 2.05) is 0 Å². The summed E-state index contributed by atoms with van der Waals surface area (Å²) in [5.74, 6) is 0.949. The molecule has 0 heterocycles. The van der Waals surface area contributed by atoms with E-state index in [0.29, 0.717) is 0 Å². The van der Waals surface area contributed by atoms with E-state index >= 15 is 0 Å². The second-order valence-corrected chi connectivity index (χ2v) is 7.11. The van der Waals surface area contributed by atoms with Gasteiger partial charge in [-0.1, -0.05) is 49.2 Å². The number of benzene rings is 2. The molecule has 0 aromatic heterocycles. The van der Waals surface area contributed by atoms with Crippen LogP contribution in [0, 0.1) is 5.92 Å². The monoisotopic (exact) mass is 268 g/mol. The molecule has 0 amide bonds. The third-order valence-corrected chi connectivity index (χ3v) is 4.65. The molecular weight excluding hydrogens is 242 g/mol. The van der Waals surface area contributed by atoms with Crippen LogP contribution in [0.5, 0.6) is 0 Å². The van der Waals surface area contributed by atoms with E-state index in [1.165, 1.54) is 48.6 Å². The third-order valence-electron chi connectivity index (χ3n) is 4.65. The van der Waals surface area contributed by atoms with Crippen molar-refractivity contribution in [1.29, 1.82) is 0 Å². The predicted octanol–water partition coefficient (Wildman–Crippen LogP) is 4.61. The first kappa shape index (κ1) is 13.6. The zero-order valence-corrected chi connectivity index (χ0v) is 12.8. The van der Waals surface area contributed by atoms with Crippen LogP contribution in [-0.2, 0) is 6.54 Å². The molecule has 0 aliphatic heterocycles. The Morgan fingerprint density at radius 2 is 1.65 bits per heavy atom. The normalized spacial score (nSPS) is 16.9. The Labute approximate surface area is 122 Å². The average molecular weight is 268 g/mol. The van der Waals surface area contributed by atoms with E-state index in [0.717, 1.165) is 16.9 Å². The standard InChI is InChI=1S/C19H26N/c1-20(2,14-16-7-3-4-8-16)15-17-11-12-18-9-5-6-10-19(18)13-17/h5-6,9-13,16H,3-4,7-8,14-15H2,1-2H3/q+1. The number of nitrogens with zero attached hydrogens (tertiary/aromatic N) is 1. The molecule has 0 atom stereocenters. The smallest absolute Gasteiger partial charge is 0.104 e. The molecule has 1 saturated carbocycles. The van der Waals surface area contributed by atoms with Crippen molar-refractivity contribution in [1.82, 2.24) is 0 Å². The van der Waals surface area contributed by atoms with E-state index in [1.54, 1.807) is 0 Å². The minimum absolute atomic E-state index is 0.949. The van der Waals surface area contributed by atoms with E-state index in [2.05, 4.69) is 56.6 Å². The van der Waals surface area contributed by atoms with Gasteiger partial charge in [0.15, 0.2) is 0 Å². The summed E-state index contributed by atoms with van der Waals surface area (Å²) in [7, 11) is 4.76. The van der Waals surface area contributed by atoms with Gasteiger partial charge in [0.1, 0.15) is 6.54 Å². The first-order valence-corrected chi connectivity index (χ1v) is 7.92. The Bertz CT molecular complexity index is 579. The van der Waals surface area contributed by atoms with Gasteiger partial charge in [-0.3, -0.25) is 0 Å². The van der Waals surface area contributed by atoms with Crippen molar-refractivity contribution >= 4 is 10.8 Å². The van der Waals surface area contributed by atoms with Gasteiger partial charge >= 0.3 is 0 Å². The fourth-order valence-electron chi connectivity index (χ4n) is 3.79. The van der Waals surface area contributed by atoms with Crippen LogP contribution < -0.4 is 0 Å². The van der Waals surface area contributed by atoms with E-state index in [4.69, 9.17) is 0 Å². The second kappa shape index (κ2) is 5.57. The van der Waals surface area contributed by atoms with Gasteiger partial charge in [-0.15, -0.1) is 0 Å². The molecule has 20 heavy (non-hydrogen) atoms. The van der Waals surface area contributed by atoms with Crippen LogP contribution >= 0.6 is 0 Å². The average Bonchev–Trinajstić information content (AvgIpc) is 2.90. The van der Waals surface area contributed by atoms with Crippen molar-refractivity contribution in [2.45, 2.75) is 32.2 Å². The summed E-state index contributed by atoms with van der Waals surface area (Å²) >= 11 is 0. The molecule has 0 unspecified atom stereocenters. The summed E-state index contributed by atoms with van der Waals surface area (Å²) in [6, 6.07) is 15.6. The zero-order valence-electron chi connectivity index (χ0n) is 12.8. The lowest BCUT2D eigenvalue weighted by atomic mass is 10.0. The molecule has 2 aromatic carbocycles. The number of fused-ring (bicyclic) bond motifs is 1. The van der Waals surface area contributed by atoms with Crippen LogP contribution in [0.4, 0.5) is 0 Å². The molecule has 1 aliphatic carbocycles. The van der Waals surface area contributed by atoms with E-state index in [9.17, 15) is 0 Å². The van der Waals surface area contributed by atoms with Gasteiger partial charge in [-0.25, -0.2) is 0 Å². The van der Waals surface area contributed by atoms with Crippen molar-refractivity contribution in [2.24, 2.45) is 5.92 Å². The van der Waals surface area contributed by atoms with Gasteiger partial charge in [0.2, 0.25) is 0 Å². The molecule has 1 aliphatic rings. The van der Waals surface area contributed by atoms with E-state index in [-0.39, 0.29) is 0 Å². The quantitative estimate of drug-likeness (QED) is 0.711. The number of hydrogen-bond donors (Lipinski definition) is 0. The summed E-state index contributed by atoms with van der Waals surface area (Å²) in [5.41, 5.74) is 1.46. The Morgan fingerprint density at radius 3 is 2.40 bits per heavy atom. The van der Waals surface area contributed by atoms with Gasteiger partial charge in [-0.05, 0) is 29.7 Å². The Balaban J connectivity index is 1.73. The van der Waals surface area contributed by atoms with Crippen LogP contribution in [0.1, 0.15) is 31.2 Å². The molecule has 1 heteroatoms. The maximum atomic E-state index is 2.38. The highest BCUT2D eigenvalue weighted by Gasteiger charge is 2.25. The van der Waals surface area contributed by atoms with Crippen LogP contribution in [0.3, 0.4) is 0 Å². The molecule has 1 nitrogen and oxygen atoms in total. The molecule has 0 spiro atoms. The summed E-state index contributed by atoms with van der Waals surface area (Å²) < 4.78 is 1.11. The van der Waals surface area contributed by atoms with E-state index < -0.39 is 0 Å². The molecule has 0 saturated heterocycles. The lowest BCUT2D eigenvalue weighted by molar-refractivity contribution is -0.906. The van der Waals surface area contributed by atoms with Crippen molar-refractivity contribution in [3.8, 4) is 0 Å². The Morgan fingerprint density at radius 1 is 0.950 bits per heavy atom. The van der Waals surface area contributed by atoms with Crippen LogP contribution in [0.25, 0.3) is 10.8 Å². The SMILES string of the molecule is C[N+](C)(Cc1ccc2ccccc2c1)CC1CCCC1. The summed E-state index contributed by atoms with van der Waals surface area (Å²) in [6.07, 6.45) is 5.78. The number of quaternary nitrogens is 1. The van der Waals surface area contributed by atoms with Gasteiger partial charge in [0.25, 0.3) is 0 Å². The Kier molecular flexibility index (Phi) is 3.80. The largest absolute Gasteiger partial charge is 0.324 e. The molecule has 2 aromatic rings. The number of rotatable bonds is 4. The predicted molar refractivity (Wildman–Crippen MR) is 86.6 cm³/mol. The fraction of sp³-hybridized carbons (Fsp3) is 0.474.